The number of amides is 2. The van der Waals surface area contributed by atoms with Gasteiger partial charge in [-0.2, -0.15) is 5.26 Å². The Labute approximate surface area is 187 Å². The second kappa shape index (κ2) is 11.2. The van der Waals surface area contributed by atoms with Crippen LogP contribution in [-0.4, -0.2) is 24.1 Å². The number of hydrogen-bond acceptors (Lipinski definition) is 4. The van der Waals surface area contributed by atoms with Gasteiger partial charge in [-0.1, -0.05) is 60.7 Å². The van der Waals surface area contributed by atoms with Gasteiger partial charge in [0.05, 0.1) is 12.5 Å². The van der Waals surface area contributed by atoms with Crippen molar-refractivity contribution in [2.24, 2.45) is 0 Å². The monoisotopic (exact) mass is 425 g/mol. The number of nitrogens with zero attached hydrogens (tertiary/aromatic N) is 2. The van der Waals surface area contributed by atoms with Crippen LogP contribution in [0.5, 0.6) is 0 Å². The van der Waals surface area contributed by atoms with Crippen molar-refractivity contribution in [2.45, 2.75) is 19.3 Å². The number of carbonyl (C=O) groups excluding carboxylic acids is 3. The predicted octanol–water partition coefficient (Wildman–Crippen LogP) is 4.58. The fourth-order valence-corrected chi connectivity index (χ4v) is 3.24. The number of rotatable bonds is 9. The van der Waals surface area contributed by atoms with E-state index in [0.29, 0.717) is 22.5 Å². The molecule has 0 aromatic heterocycles. The van der Waals surface area contributed by atoms with E-state index in [2.05, 4.69) is 5.32 Å². The molecule has 0 fully saturated rings. The Kier molecular flexibility index (Phi) is 7.88. The molecule has 0 spiro atoms. The molecule has 0 radical (unpaired) electrons. The first-order valence-corrected chi connectivity index (χ1v) is 10.3. The Balaban J connectivity index is 1.60. The van der Waals surface area contributed by atoms with Gasteiger partial charge in [0.15, 0.2) is 5.78 Å². The van der Waals surface area contributed by atoms with E-state index in [9.17, 15) is 14.4 Å². The third kappa shape index (κ3) is 6.13. The summed E-state index contributed by atoms with van der Waals surface area (Å²) in [5, 5.41) is 11.6. The fraction of sp³-hybridized carbons (Fsp3) is 0.154. The third-order valence-corrected chi connectivity index (χ3v) is 4.83. The van der Waals surface area contributed by atoms with E-state index in [4.69, 9.17) is 5.26 Å². The number of nitriles is 1. The number of anilines is 2. The Bertz CT molecular complexity index is 1120. The van der Waals surface area contributed by atoms with Gasteiger partial charge in [-0.05, 0) is 24.3 Å². The minimum Gasteiger partial charge on any atom is -0.326 e. The third-order valence-electron chi connectivity index (χ3n) is 4.83. The summed E-state index contributed by atoms with van der Waals surface area (Å²) in [7, 11) is 0. The van der Waals surface area contributed by atoms with Gasteiger partial charge in [0.25, 0.3) is 0 Å². The summed E-state index contributed by atoms with van der Waals surface area (Å²) >= 11 is 0. The Morgan fingerprint density at radius 1 is 0.812 bits per heavy atom. The summed E-state index contributed by atoms with van der Waals surface area (Å²) in [5.41, 5.74) is 2.23. The molecule has 0 saturated carbocycles. The maximum absolute atomic E-state index is 12.7. The van der Waals surface area contributed by atoms with Crippen molar-refractivity contribution in [2.75, 3.05) is 16.8 Å². The van der Waals surface area contributed by atoms with Crippen molar-refractivity contribution in [1.82, 2.24) is 0 Å². The average Bonchev–Trinajstić information content (AvgIpc) is 2.84. The van der Waals surface area contributed by atoms with E-state index in [1.165, 1.54) is 4.90 Å². The van der Waals surface area contributed by atoms with E-state index in [-0.39, 0.29) is 43.4 Å². The van der Waals surface area contributed by atoms with Crippen LogP contribution in [-0.2, 0) is 9.59 Å². The molecule has 3 aromatic rings. The Morgan fingerprint density at radius 3 is 2.16 bits per heavy atom. The summed E-state index contributed by atoms with van der Waals surface area (Å²) in [4.78, 5) is 39.3. The number of carbonyl (C=O) groups is 3. The van der Waals surface area contributed by atoms with Crippen LogP contribution in [0.1, 0.15) is 35.2 Å². The smallest absolute Gasteiger partial charge is 0.227 e. The highest BCUT2D eigenvalue weighted by Crippen LogP contribution is 2.17. The lowest BCUT2D eigenvalue weighted by atomic mass is 10.0. The molecule has 3 rings (SSSR count). The van der Waals surface area contributed by atoms with E-state index in [1.807, 2.05) is 30.3 Å². The van der Waals surface area contributed by atoms with Crippen molar-refractivity contribution >= 4 is 29.0 Å². The second-order valence-corrected chi connectivity index (χ2v) is 7.11. The number of hydrogen-bond donors (Lipinski definition) is 1. The highest BCUT2D eigenvalue weighted by molar-refractivity contribution is 6.09. The van der Waals surface area contributed by atoms with Crippen LogP contribution in [0.2, 0.25) is 0 Å². The quantitative estimate of drug-likeness (QED) is 0.508. The molecular formula is C26H23N3O3. The van der Waals surface area contributed by atoms with Crippen LogP contribution >= 0.6 is 0 Å². The molecule has 6 nitrogen and oxygen atoms in total. The highest BCUT2D eigenvalue weighted by atomic mass is 16.2. The largest absolute Gasteiger partial charge is 0.326 e. The number of ketones is 1. The zero-order valence-corrected chi connectivity index (χ0v) is 17.5. The standard InChI is InChI=1S/C26H23N3O3/c27-17-8-18-29(23-13-5-2-6-14-23)25(31)16-15-24(30)28-22-12-7-11-21(19-22)26(32)20-9-3-1-4-10-20/h1-7,9-14,19H,8,15-16,18H2,(H,28,30). The number of benzene rings is 3. The molecular weight excluding hydrogens is 402 g/mol. The normalized spacial score (nSPS) is 10.1. The maximum atomic E-state index is 12.7. The molecule has 3 aromatic carbocycles. The molecule has 0 unspecified atom stereocenters. The molecule has 0 bridgehead atoms. The molecule has 0 aliphatic heterocycles. The zero-order chi connectivity index (χ0) is 22.8. The first-order valence-electron chi connectivity index (χ1n) is 10.3. The summed E-state index contributed by atoms with van der Waals surface area (Å²) in [5.74, 6) is -0.682. The molecule has 1 N–H and O–H groups in total. The molecule has 0 saturated heterocycles. The van der Waals surface area contributed by atoms with Crippen molar-refractivity contribution in [3.05, 3.63) is 96.1 Å². The second-order valence-electron chi connectivity index (χ2n) is 7.11. The van der Waals surface area contributed by atoms with Crippen molar-refractivity contribution in [3.8, 4) is 6.07 Å². The van der Waals surface area contributed by atoms with Gasteiger partial charge in [-0.15, -0.1) is 0 Å². The topological polar surface area (TPSA) is 90.3 Å². The molecule has 0 aliphatic rings. The first-order chi connectivity index (χ1) is 15.6. The van der Waals surface area contributed by atoms with E-state index >= 15 is 0 Å². The summed E-state index contributed by atoms with van der Waals surface area (Å²) in [6, 6.07) is 26.8. The maximum Gasteiger partial charge on any atom is 0.227 e. The molecule has 32 heavy (non-hydrogen) atoms. The van der Waals surface area contributed by atoms with Crippen molar-refractivity contribution in [1.29, 1.82) is 5.26 Å². The van der Waals surface area contributed by atoms with Crippen molar-refractivity contribution < 1.29 is 14.4 Å². The van der Waals surface area contributed by atoms with E-state index in [0.717, 1.165) is 0 Å². The lowest BCUT2D eigenvalue weighted by Gasteiger charge is -2.21. The van der Waals surface area contributed by atoms with Crippen LogP contribution in [0.3, 0.4) is 0 Å². The minimum atomic E-state index is -0.323. The molecule has 0 aliphatic carbocycles. The lowest BCUT2D eigenvalue weighted by Crippen LogP contribution is -2.32. The average molecular weight is 425 g/mol. The molecule has 0 heterocycles. The van der Waals surface area contributed by atoms with Gasteiger partial charge in [-0.25, -0.2) is 0 Å². The number of para-hydroxylation sites is 1. The summed E-state index contributed by atoms with van der Waals surface area (Å²) in [6.07, 6.45) is 0.204. The summed E-state index contributed by atoms with van der Waals surface area (Å²) in [6.45, 7) is 0.268. The Hall–Kier alpha value is -4.24. The van der Waals surface area contributed by atoms with Gasteiger partial charge in [0.2, 0.25) is 11.8 Å². The van der Waals surface area contributed by atoms with Crippen LogP contribution in [0.15, 0.2) is 84.9 Å². The predicted molar refractivity (Wildman–Crippen MR) is 123 cm³/mol. The molecule has 2 amide bonds. The highest BCUT2D eigenvalue weighted by Gasteiger charge is 2.17. The fourth-order valence-electron chi connectivity index (χ4n) is 3.24. The first kappa shape index (κ1) is 22.4. The van der Waals surface area contributed by atoms with Gasteiger partial charge >= 0.3 is 0 Å². The molecule has 0 atom stereocenters. The van der Waals surface area contributed by atoms with Gasteiger partial charge in [0, 0.05) is 41.9 Å². The van der Waals surface area contributed by atoms with E-state index in [1.54, 1.807) is 60.7 Å². The van der Waals surface area contributed by atoms with Crippen LogP contribution in [0.25, 0.3) is 0 Å². The Morgan fingerprint density at radius 2 is 1.47 bits per heavy atom. The summed E-state index contributed by atoms with van der Waals surface area (Å²) < 4.78 is 0. The van der Waals surface area contributed by atoms with Crippen molar-refractivity contribution in [3.63, 3.8) is 0 Å². The van der Waals surface area contributed by atoms with Gasteiger partial charge in [0.1, 0.15) is 0 Å². The van der Waals surface area contributed by atoms with Crippen LogP contribution < -0.4 is 10.2 Å². The SMILES string of the molecule is N#CCCN(C(=O)CCC(=O)Nc1cccc(C(=O)c2ccccc2)c1)c1ccccc1. The van der Waals surface area contributed by atoms with Crippen LogP contribution in [0.4, 0.5) is 11.4 Å². The molecule has 160 valence electrons. The van der Waals surface area contributed by atoms with E-state index < -0.39 is 0 Å². The van der Waals surface area contributed by atoms with Gasteiger partial charge < -0.3 is 10.2 Å². The minimum absolute atomic E-state index is 0.00835. The zero-order valence-electron chi connectivity index (χ0n) is 17.5. The number of nitrogens with one attached hydrogen (secondary N) is 1. The molecule has 6 heteroatoms. The van der Waals surface area contributed by atoms with Gasteiger partial charge in [-0.3, -0.25) is 14.4 Å². The van der Waals surface area contributed by atoms with Crippen LogP contribution in [0, 0.1) is 11.3 Å². The lowest BCUT2D eigenvalue weighted by molar-refractivity contribution is -0.122.